The maximum atomic E-state index is 13.4. The minimum absolute atomic E-state index is 0.292. The Morgan fingerprint density at radius 3 is 2.47 bits per heavy atom. The molecular weight excluding hydrogens is 425 g/mol. The zero-order chi connectivity index (χ0) is 21.5. The molecule has 30 heavy (non-hydrogen) atoms. The summed E-state index contributed by atoms with van der Waals surface area (Å²) in [5, 5.41) is 10.5. The summed E-state index contributed by atoms with van der Waals surface area (Å²) in [6.45, 7) is 2.54. The Bertz CT molecular complexity index is 960. The number of ether oxygens (including phenoxy) is 1. The highest BCUT2D eigenvalue weighted by Crippen LogP contribution is 2.49. The average molecular weight is 448 g/mol. The van der Waals surface area contributed by atoms with Crippen molar-refractivity contribution in [1.82, 2.24) is 4.90 Å². The number of carboxylic acids is 1. The summed E-state index contributed by atoms with van der Waals surface area (Å²) < 4.78 is 6.22. The molecule has 1 N–H and O–H groups in total. The Hall–Kier alpha value is -2.08. The fourth-order valence-electron chi connectivity index (χ4n) is 4.20. The molecule has 4 rings (SSSR count). The normalized spacial score (nSPS) is 26.6. The zero-order valence-corrected chi connectivity index (χ0v) is 18.1. The molecule has 0 radical (unpaired) electrons. The molecule has 1 saturated heterocycles. The molecule has 2 aliphatic rings. The van der Waals surface area contributed by atoms with E-state index in [0.29, 0.717) is 22.5 Å². The average Bonchev–Trinajstić information content (AvgIpc) is 3.52. The highest BCUT2D eigenvalue weighted by atomic mass is 35.5. The highest BCUT2D eigenvalue weighted by molar-refractivity contribution is 6.30. The quantitative estimate of drug-likeness (QED) is 0.671. The highest BCUT2D eigenvalue weighted by Gasteiger charge is 2.53. The van der Waals surface area contributed by atoms with Gasteiger partial charge in [-0.05, 0) is 61.1 Å². The molecule has 0 aromatic heterocycles. The summed E-state index contributed by atoms with van der Waals surface area (Å²) in [6, 6.07) is 14.7. The smallest absolute Gasteiger partial charge is 0.306 e. The van der Waals surface area contributed by atoms with Gasteiger partial charge < -0.3 is 14.7 Å². The molecule has 2 aromatic rings. The molecule has 1 heterocycles. The van der Waals surface area contributed by atoms with Gasteiger partial charge in [-0.2, -0.15) is 0 Å². The first-order valence-electron chi connectivity index (χ1n) is 9.99. The first kappa shape index (κ1) is 21.2. The number of hydrogen-bond acceptors (Lipinski definition) is 3. The second-order valence-electron chi connectivity index (χ2n) is 8.20. The third kappa shape index (κ3) is 4.07. The van der Waals surface area contributed by atoms with Crippen LogP contribution in [0.25, 0.3) is 0 Å². The Balaban J connectivity index is 1.86. The number of morpholine rings is 1. The van der Waals surface area contributed by atoms with E-state index in [1.54, 1.807) is 18.2 Å². The van der Waals surface area contributed by atoms with Gasteiger partial charge >= 0.3 is 5.97 Å². The number of carboxylic acid groups (broad SMARTS) is 1. The number of rotatable bonds is 6. The molecule has 7 heteroatoms. The van der Waals surface area contributed by atoms with Gasteiger partial charge in [-0.25, -0.2) is 0 Å². The van der Waals surface area contributed by atoms with Crippen LogP contribution in [0.2, 0.25) is 10.0 Å². The topological polar surface area (TPSA) is 66.8 Å². The summed E-state index contributed by atoms with van der Waals surface area (Å²) >= 11 is 12.4. The van der Waals surface area contributed by atoms with Crippen molar-refractivity contribution in [3.8, 4) is 0 Å². The molecule has 5 nitrogen and oxygen atoms in total. The Labute approximate surface area is 185 Å². The summed E-state index contributed by atoms with van der Waals surface area (Å²) in [5.74, 6) is -0.941. The van der Waals surface area contributed by atoms with Crippen molar-refractivity contribution >= 4 is 35.1 Å². The predicted molar refractivity (Wildman–Crippen MR) is 115 cm³/mol. The fraction of sp³-hybridized carbons (Fsp3) is 0.391. The molecule has 3 unspecified atom stereocenters. The SMILES string of the molecule is CC1(c2ccc(Cl)cc2)C(c2cccc(Cl)c2)OC(CC(=O)O)C(=O)N1CC1CC1. The minimum Gasteiger partial charge on any atom is -0.481 e. The molecule has 3 atom stereocenters. The second-order valence-corrected chi connectivity index (χ2v) is 9.08. The first-order valence-corrected chi connectivity index (χ1v) is 10.7. The van der Waals surface area contributed by atoms with E-state index in [2.05, 4.69) is 0 Å². The van der Waals surface area contributed by atoms with E-state index in [0.717, 1.165) is 24.0 Å². The fourth-order valence-corrected chi connectivity index (χ4v) is 4.52. The summed E-state index contributed by atoms with van der Waals surface area (Å²) in [4.78, 5) is 26.7. The van der Waals surface area contributed by atoms with Crippen LogP contribution in [0.3, 0.4) is 0 Å². The minimum atomic E-state index is -1.07. The number of halogens is 2. The summed E-state index contributed by atoms with van der Waals surface area (Å²) in [6.07, 6.45) is 0.108. The van der Waals surface area contributed by atoms with E-state index in [-0.39, 0.29) is 12.3 Å². The van der Waals surface area contributed by atoms with Gasteiger partial charge in [0.25, 0.3) is 5.91 Å². The van der Waals surface area contributed by atoms with Crippen molar-refractivity contribution in [2.75, 3.05) is 6.54 Å². The van der Waals surface area contributed by atoms with Crippen molar-refractivity contribution in [2.45, 2.75) is 43.9 Å². The zero-order valence-electron chi connectivity index (χ0n) is 16.6. The van der Waals surface area contributed by atoms with Crippen molar-refractivity contribution in [1.29, 1.82) is 0 Å². The van der Waals surface area contributed by atoms with Crippen LogP contribution in [0.1, 0.15) is 43.4 Å². The van der Waals surface area contributed by atoms with Gasteiger partial charge in [0.2, 0.25) is 0 Å². The van der Waals surface area contributed by atoms with E-state index < -0.39 is 23.7 Å². The van der Waals surface area contributed by atoms with E-state index >= 15 is 0 Å². The van der Waals surface area contributed by atoms with Crippen LogP contribution in [-0.2, 0) is 19.9 Å². The van der Waals surface area contributed by atoms with Crippen LogP contribution in [-0.4, -0.2) is 34.5 Å². The molecule has 1 aliphatic carbocycles. The molecule has 1 aliphatic heterocycles. The van der Waals surface area contributed by atoms with Gasteiger partial charge in [-0.3, -0.25) is 9.59 Å². The standard InChI is InChI=1S/C23H23Cl2NO4/c1-23(16-7-9-17(24)10-8-16)21(15-3-2-4-18(25)11-15)30-19(12-20(27)28)22(29)26(23)13-14-5-6-14/h2-4,7-11,14,19,21H,5-6,12-13H2,1H3,(H,27,28). The van der Waals surface area contributed by atoms with Crippen LogP contribution in [0.4, 0.5) is 0 Å². The van der Waals surface area contributed by atoms with E-state index in [1.807, 2.05) is 42.2 Å². The number of benzene rings is 2. The number of carbonyl (C=O) groups excluding carboxylic acids is 1. The molecule has 2 aromatic carbocycles. The molecule has 0 spiro atoms. The Morgan fingerprint density at radius 1 is 1.17 bits per heavy atom. The maximum absolute atomic E-state index is 13.4. The largest absolute Gasteiger partial charge is 0.481 e. The van der Waals surface area contributed by atoms with Crippen LogP contribution in [0.15, 0.2) is 48.5 Å². The lowest BCUT2D eigenvalue weighted by Crippen LogP contribution is -2.61. The lowest BCUT2D eigenvalue weighted by Gasteiger charge is -2.52. The second kappa shape index (κ2) is 8.22. The molecule has 0 bridgehead atoms. The van der Waals surface area contributed by atoms with Crippen molar-refractivity contribution in [2.24, 2.45) is 5.92 Å². The van der Waals surface area contributed by atoms with Gasteiger partial charge in [0.05, 0.1) is 12.0 Å². The molecule has 1 amide bonds. The van der Waals surface area contributed by atoms with E-state index in [1.165, 1.54) is 0 Å². The third-order valence-corrected chi connectivity index (χ3v) is 6.48. The summed E-state index contributed by atoms with van der Waals surface area (Å²) in [5.41, 5.74) is 0.826. The van der Waals surface area contributed by atoms with Gasteiger partial charge in [-0.15, -0.1) is 0 Å². The number of aliphatic carboxylic acids is 1. The number of hydrogen-bond donors (Lipinski definition) is 1. The molecule has 2 fully saturated rings. The van der Waals surface area contributed by atoms with Crippen LogP contribution < -0.4 is 0 Å². The van der Waals surface area contributed by atoms with Crippen LogP contribution >= 0.6 is 23.2 Å². The molecular formula is C23H23Cl2NO4. The third-order valence-electron chi connectivity index (χ3n) is 5.99. The maximum Gasteiger partial charge on any atom is 0.306 e. The number of nitrogens with zero attached hydrogens (tertiary/aromatic N) is 1. The predicted octanol–water partition coefficient (Wildman–Crippen LogP) is 5.06. The number of carbonyl (C=O) groups is 2. The molecule has 1 saturated carbocycles. The van der Waals surface area contributed by atoms with Gasteiger partial charge in [0, 0.05) is 16.6 Å². The van der Waals surface area contributed by atoms with Crippen LogP contribution in [0.5, 0.6) is 0 Å². The lowest BCUT2D eigenvalue weighted by molar-refractivity contribution is -0.195. The van der Waals surface area contributed by atoms with Crippen LogP contribution in [0, 0.1) is 5.92 Å². The van der Waals surface area contributed by atoms with Gasteiger partial charge in [-0.1, -0.05) is 47.5 Å². The summed E-state index contributed by atoms with van der Waals surface area (Å²) in [7, 11) is 0. The first-order chi connectivity index (χ1) is 14.3. The molecule has 158 valence electrons. The lowest BCUT2D eigenvalue weighted by atomic mass is 9.78. The van der Waals surface area contributed by atoms with Gasteiger partial charge in [0.15, 0.2) is 0 Å². The van der Waals surface area contributed by atoms with E-state index in [4.69, 9.17) is 27.9 Å². The van der Waals surface area contributed by atoms with E-state index in [9.17, 15) is 14.7 Å². The van der Waals surface area contributed by atoms with Gasteiger partial charge in [0.1, 0.15) is 12.2 Å². The Morgan fingerprint density at radius 2 is 1.87 bits per heavy atom. The number of amides is 1. The van der Waals surface area contributed by atoms with Crippen molar-refractivity contribution in [3.05, 3.63) is 69.7 Å². The van der Waals surface area contributed by atoms with Crippen molar-refractivity contribution in [3.63, 3.8) is 0 Å². The van der Waals surface area contributed by atoms with Crippen molar-refractivity contribution < 1.29 is 19.4 Å². The monoisotopic (exact) mass is 447 g/mol. The Kier molecular flexibility index (Phi) is 5.80.